The van der Waals surface area contributed by atoms with Crippen molar-refractivity contribution >= 4 is 23.5 Å². The van der Waals surface area contributed by atoms with Gasteiger partial charge in [0.1, 0.15) is 16.4 Å². The number of carbonyl (C=O) groups excluding carboxylic acids is 2. The second kappa shape index (κ2) is 6.14. The summed E-state index contributed by atoms with van der Waals surface area (Å²) in [6.07, 6.45) is 0. The molecular weight excluding hydrogens is 274 g/mol. The predicted molar refractivity (Wildman–Crippen MR) is 69.2 cm³/mol. The Morgan fingerprint density at radius 3 is 2.21 bits per heavy atom. The Hall–Kier alpha value is -1.43. The predicted octanol–water partition coefficient (Wildman–Crippen LogP) is 2.83. The van der Waals surface area contributed by atoms with Gasteiger partial charge in [-0.1, -0.05) is 0 Å². The topological polar surface area (TPSA) is 43.4 Å². The number of carbonyl (C=O) groups is 2. The highest BCUT2D eigenvalue weighted by Gasteiger charge is 2.30. The van der Waals surface area contributed by atoms with Crippen LogP contribution in [0.15, 0.2) is 18.2 Å². The van der Waals surface area contributed by atoms with Gasteiger partial charge in [-0.05, 0) is 26.0 Å². The van der Waals surface area contributed by atoms with Crippen LogP contribution in [-0.2, 0) is 9.53 Å². The Balaban J connectivity index is 2.73. The van der Waals surface area contributed by atoms with Crippen molar-refractivity contribution in [2.75, 3.05) is 12.9 Å². The van der Waals surface area contributed by atoms with E-state index in [2.05, 4.69) is 4.74 Å². The van der Waals surface area contributed by atoms with Gasteiger partial charge in [-0.25, -0.2) is 8.78 Å². The molecule has 0 atom stereocenters. The summed E-state index contributed by atoms with van der Waals surface area (Å²) in [4.78, 5) is 23.2. The van der Waals surface area contributed by atoms with E-state index >= 15 is 0 Å². The van der Waals surface area contributed by atoms with Crippen LogP contribution in [0.25, 0.3) is 0 Å². The average molecular weight is 288 g/mol. The zero-order chi connectivity index (χ0) is 14.6. The van der Waals surface area contributed by atoms with Crippen LogP contribution in [0, 0.1) is 11.6 Å². The molecule has 0 bridgehead atoms. The molecule has 0 unspecified atom stereocenters. The average Bonchev–Trinajstić information content (AvgIpc) is 2.33. The first kappa shape index (κ1) is 15.6. The summed E-state index contributed by atoms with van der Waals surface area (Å²) in [6, 6.07) is 2.64. The molecule has 0 aliphatic carbocycles. The number of Topliss-reactive ketones (excluding diaryl/α,β-unsaturated/α-hetero) is 1. The number of hydrogen-bond acceptors (Lipinski definition) is 4. The molecule has 3 nitrogen and oxygen atoms in total. The van der Waals surface area contributed by atoms with Crippen molar-refractivity contribution in [3.63, 3.8) is 0 Å². The van der Waals surface area contributed by atoms with E-state index in [0.29, 0.717) is 6.07 Å². The van der Waals surface area contributed by atoms with Gasteiger partial charge in [-0.3, -0.25) is 9.59 Å². The summed E-state index contributed by atoms with van der Waals surface area (Å²) in [5, 5.41) is 0. The fourth-order valence-corrected chi connectivity index (χ4v) is 2.21. The van der Waals surface area contributed by atoms with Crippen LogP contribution in [0.3, 0.4) is 0 Å². The van der Waals surface area contributed by atoms with Gasteiger partial charge in [0.25, 0.3) is 0 Å². The van der Waals surface area contributed by atoms with E-state index in [0.717, 1.165) is 23.9 Å². The molecule has 1 rings (SSSR count). The van der Waals surface area contributed by atoms with Crippen LogP contribution in [0.2, 0.25) is 0 Å². The van der Waals surface area contributed by atoms with E-state index in [-0.39, 0.29) is 11.3 Å². The van der Waals surface area contributed by atoms with Crippen molar-refractivity contribution in [2.24, 2.45) is 0 Å². The smallest absolute Gasteiger partial charge is 0.321 e. The molecule has 0 saturated heterocycles. The maximum atomic E-state index is 13.0. The number of benzene rings is 1. The van der Waals surface area contributed by atoms with Crippen molar-refractivity contribution in [1.82, 2.24) is 0 Å². The second-order valence-electron chi connectivity index (χ2n) is 4.37. The van der Waals surface area contributed by atoms with Gasteiger partial charge in [0, 0.05) is 11.6 Å². The highest BCUT2D eigenvalue weighted by Crippen LogP contribution is 2.26. The van der Waals surface area contributed by atoms with Gasteiger partial charge >= 0.3 is 5.97 Å². The van der Waals surface area contributed by atoms with Gasteiger partial charge in [0.05, 0.1) is 12.9 Å². The first-order chi connectivity index (χ1) is 8.76. The highest BCUT2D eigenvalue weighted by molar-refractivity contribution is 8.02. The Morgan fingerprint density at radius 1 is 1.21 bits per heavy atom. The zero-order valence-corrected chi connectivity index (χ0v) is 11.6. The Kier molecular flexibility index (Phi) is 5.05. The highest BCUT2D eigenvalue weighted by atomic mass is 32.2. The molecule has 6 heteroatoms. The van der Waals surface area contributed by atoms with Crippen LogP contribution in [0.1, 0.15) is 24.2 Å². The van der Waals surface area contributed by atoms with Gasteiger partial charge < -0.3 is 4.74 Å². The summed E-state index contributed by atoms with van der Waals surface area (Å²) in [5.74, 6) is -2.58. The molecule has 0 fully saturated rings. The molecule has 1 aromatic rings. The SMILES string of the molecule is COC(=O)C(C)(C)SCC(=O)c1cc(F)cc(F)c1. The Labute approximate surface area is 114 Å². The molecule has 0 spiro atoms. The summed E-state index contributed by atoms with van der Waals surface area (Å²) in [5.41, 5.74) is -0.0503. The minimum absolute atomic E-state index is 0.0503. The number of esters is 1. The third-order valence-corrected chi connectivity index (χ3v) is 3.72. The number of methoxy groups -OCH3 is 1. The molecular formula is C13H14F2O3S. The number of thioether (sulfide) groups is 1. The lowest BCUT2D eigenvalue weighted by molar-refractivity contribution is -0.142. The lowest BCUT2D eigenvalue weighted by Crippen LogP contribution is -2.30. The molecule has 0 N–H and O–H groups in total. The molecule has 0 saturated carbocycles. The van der Waals surface area contributed by atoms with Crippen molar-refractivity contribution in [2.45, 2.75) is 18.6 Å². The van der Waals surface area contributed by atoms with Crippen molar-refractivity contribution in [3.05, 3.63) is 35.4 Å². The number of ketones is 1. The molecule has 19 heavy (non-hydrogen) atoms. The first-order valence-electron chi connectivity index (χ1n) is 5.48. The number of hydrogen-bond donors (Lipinski definition) is 0. The van der Waals surface area contributed by atoms with Crippen LogP contribution < -0.4 is 0 Å². The van der Waals surface area contributed by atoms with Crippen LogP contribution in [-0.4, -0.2) is 29.4 Å². The largest absolute Gasteiger partial charge is 0.468 e. The van der Waals surface area contributed by atoms with Crippen LogP contribution in [0.4, 0.5) is 8.78 Å². The van der Waals surface area contributed by atoms with Gasteiger partial charge in [-0.2, -0.15) is 0 Å². The molecule has 104 valence electrons. The molecule has 0 heterocycles. The fraction of sp³-hybridized carbons (Fsp3) is 0.385. The lowest BCUT2D eigenvalue weighted by Gasteiger charge is -2.20. The van der Waals surface area contributed by atoms with Crippen molar-refractivity contribution in [1.29, 1.82) is 0 Å². The molecule has 0 radical (unpaired) electrons. The van der Waals surface area contributed by atoms with E-state index in [9.17, 15) is 18.4 Å². The lowest BCUT2D eigenvalue weighted by atomic mass is 10.1. The van der Waals surface area contributed by atoms with E-state index in [4.69, 9.17) is 0 Å². The van der Waals surface area contributed by atoms with Crippen LogP contribution >= 0.6 is 11.8 Å². The van der Waals surface area contributed by atoms with E-state index in [1.165, 1.54) is 7.11 Å². The molecule has 0 aromatic heterocycles. The van der Waals surface area contributed by atoms with Crippen molar-refractivity contribution in [3.8, 4) is 0 Å². The summed E-state index contributed by atoms with van der Waals surface area (Å²) in [6.45, 7) is 3.23. The van der Waals surface area contributed by atoms with Crippen molar-refractivity contribution < 1.29 is 23.1 Å². The number of halogens is 2. The summed E-state index contributed by atoms with van der Waals surface area (Å²) < 4.78 is 29.7. The minimum atomic E-state index is -0.893. The summed E-state index contributed by atoms with van der Waals surface area (Å²) >= 11 is 1.06. The fourth-order valence-electron chi connectivity index (χ4n) is 1.35. The van der Waals surface area contributed by atoms with E-state index in [1.54, 1.807) is 13.8 Å². The Bertz CT molecular complexity index is 480. The maximum Gasteiger partial charge on any atom is 0.321 e. The maximum absolute atomic E-state index is 13.0. The first-order valence-corrected chi connectivity index (χ1v) is 6.46. The van der Waals surface area contributed by atoms with E-state index < -0.39 is 28.1 Å². The Morgan fingerprint density at radius 2 is 1.74 bits per heavy atom. The van der Waals surface area contributed by atoms with Gasteiger partial charge in [0.15, 0.2) is 5.78 Å². The molecule has 0 aliphatic rings. The monoisotopic (exact) mass is 288 g/mol. The van der Waals surface area contributed by atoms with Crippen LogP contribution in [0.5, 0.6) is 0 Å². The zero-order valence-electron chi connectivity index (χ0n) is 10.8. The normalized spacial score (nSPS) is 11.2. The molecule has 0 aliphatic heterocycles. The quantitative estimate of drug-likeness (QED) is 0.617. The summed E-state index contributed by atoms with van der Waals surface area (Å²) in [7, 11) is 1.26. The third kappa shape index (κ3) is 4.31. The minimum Gasteiger partial charge on any atom is -0.468 e. The number of rotatable bonds is 5. The van der Waals surface area contributed by atoms with Gasteiger partial charge in [0.2, 0.25) is 0 Å². The standard InChI is InChI=1S/C13H14F2O3S/c1-13(2,12(17)18-3)19-7-11(16)8-4-9(14)6-10(15)5-8/h4-6H,7H2,1-3H3. The molecule has 0 amide bonds. The van der Waals surface area contributed by atoms with Gasteiger partial charge in [-0.15, -0.1) is 11.8 Å². The van der Waals surface area contributed by atoms with E-state index in [1.807, 2.05) is 0 Å². The number of ether oxygens (including phenoxy) is 1. The second-order valence-corrected chi connectivity index (χ2v) is 5.97. The molecule has 1 aromatic carbocycles. The third-order valence-electron chi connectivity index (χ3n) is 2.43.